The molecule has 0 aliphatic heterocycles. The number of rotatable bonds is 12. The molecule has 1 saturated carbocycles. The van der Waals surface area contributed by atoms with Gasteiger partial charge in [-0.2, -0.15) is 0 Å². The molecule has 0 heterocycles. The van der Waals surface area contributed by atoms with Crippen molar-refractivity contribution in [2.45, 2.75) is 108 Å². The van der Waals surface area contributed by atoms with Crippen LogP contribution in [0.1, 0.15) is 108 Å². The minimum absolute atomic E-state index is 0.0683. The van der Waals surface area contributed by atoms with E-state index in [2.05, 4.69) is 6.08 Å². The number of fused-ring (bicyclic) bond motifs is 2. The topological polar surface area (TPSA) is 91.7 Å². The molecule has 0 saturated heterocycles. The van der Waals surface area contributed by atoms with Gasteiger partial charge in [-0.05, 0) is 98.3 Å². The number of ketones is 3. The van der Waals surface area contributed by atoms with E-state index < -0.39 is 33.7 Å². The number of carbonyl (C=O) groups is 3. The van der Waals surface area contributed by atoms with Crippen LogP contribution in [0.25, 0.3) is 0 Å². The molecule has 222 valence electrons. The zero-order valence-corrected chi connectivity index (χ0v) is 26.5. The van der Waals surface area contributed by atoms with Crippen molar-refractivity contribution >= 4 is 17.3 Å². The number of carbonyl (C=O) groups excluding carboxylic acids is 3. The molecule has 0 aromatic carbocycles. The molecule has 4 atom stereocenters. The Morgan fingerprint density at radius 1 is 0.950 bits per heavy atom. The Balaban J connectivity index is 3.07. The molecule has 0 spiro atoms. The molecule has 0 amide bonds. The van der Waals surface area contributed by atoms with E-state index in [1.54, 1.807) is 13.8 Å². The van der Waals surface area contributed by atoms with Crippen LogP contribution in [0.3, 0.4) is 0 Å². The van der Waals surface area contributed by atoms with Gasteiger partial charge in [-0.15, -0.1) is 0 Å². The van der Waals surface area contributed by atoms with Crippen molar-refractivity contribution in [1.29, 1.82) is 0 Å². The first-order valence-corrected chi connectivity index (χ1v) is 14.8. The lowest BCUT2D eigenvalue weighted by Gasteiger charge is -2.61. The van der Waals surface area contributed by atoms with Crippen molar-refractivity contribution < 1.29 is 24.6 Å². The fourth-order valence-electron chi connectivity index (χ4n) is 6.73. The molecule has 1 fully saturated rings. The minimum atomic E-state index is -1.90. The average molecular weight is 553 g/mol. The molecule has 40 heavy (non-hydrogen) atoms. The Morgan fingerprint density at radius 3 is 2.02 bits per heavy atom. The number of Topliss-reactive ketones (excluding diaryl/α,β-unsaturated/α-hetero) is 3. The molecule has 5 nitrogen and oxygen atoms in total. The van der Waals surface area contributed by atoms with Crippen LogP contribution in [-0.2, 0) is 14.4 Å². The smallest absolute Gasteiger partial charge is 0.184 e. The van der Waals surface area contributed by atoms with Crippen molar-refractivity contribution in [2.24, 2.45) is 28.1 Å². The van der Waals surface area contributed by atoms with Gasteiger partial charge < -0.3 is 10.2 Å². The third-order valence-corrected chi connectivity index (χ3v) is 9.17. The first-order valence-electron chi connectivity index (χ1n) is 14.8. The van der Waals surface area contributed by atoms with E-state index in [-0.39, 0.29) is 42.5 Å². The second kappa shape index (κ2) is 13.0. The fraction of sp³-hybridized carbons (Fsp3) is 0.629. The number of allylic oxidation sites excluding steroid dienone is 9. The highest BCUT2D eigenvalue weighted by molar-refractivity contribution is 6.33. The van der Waals surface area contributed by atoms with Crippen LogP contribution in [0.15, 0.2) is 57.9 Å². The maximum Gasteiger partial charge on any atom is 0.184 e. The number of aliphatic hydroxyl groups excluding tert-OH is 2. The molecule has 0 unspecified atom stereocenters. The summed E-state index contributed by atoms with van der Waals surface area (Å²) in [6.07, 6.45) is 10.3. The van der Waals surface area contributed by atoms with Gasteiger partial charge in [0.05, 0.1) is 12.0 Å². The zero-order chi connectivity index (χ0) is 30.6. The zero-order valence-electron chi connectivity index (χ0n) is 26.5. The second-order valence-corrected chi connectivity index (χ2v) is 13.4. The normalized spacial score (nSPS) is 28.5. The Hall–Kier alpha value is -2.53. The monoisotopic (exact) mass is 552 g/mol. The predicted octanol–water partition coefficient (Wildman–Crippen LogP) is 7.96. The van der Waals surface area contributed by atoms with Gasteiger partial charge in [-0.25, -0.2) is 0 Å². The first kappa shape index (κ1) is 33.7. The molecular formula is C35H52O5. The maximum absolute atomic E-state index is 15.0. The summed E-state index contributed by atoms with van der Waals surface area (Å²) in [4.78, 5) is 44.3. The second-order valence-electron chi connectivity index (χ2n) is 13.4. The van der Waals surface area contributed by atoms with Gasteiger partial charge >= 0.3 is 0 Å². The molecule has 2 rings (SSSR count). The Morgan fingerprint density at radius 2 is 1.52 bits per heavy atom. The molecule has 2 N–H and O–H groups in total. The summed E-state index contributed by atoms with van der Waals surface area (Å²) in [7, 11) is 0. The quantitative estimate of drug-likeness (QED) is 0.189. The standard InChI is InChI=1S/C35H52O5/c1-22(2)13-15-27-20-34(19-17-24(5)6)30(38)28(16-14-23(3)4)31(39)35(32(34)40,29(37)25(7)8)33(27,10)18-11-12-26(9)21-36/h12-14,17,25,27,36,38H,11,15-16,18-21H2,1-10H3/b26-12+/t27-,33-,34-,35+/m1/s1. The third kappa shape index (κ3) is 5.91. The number of aliphatic hydroxyl groups is 2. The van der Waals surface area contributed by atoms with Crippen LogP contribution in [0.5, 0.6) is 0 Å². The summed E-state index contributed by atoms with van der Waals surface area (Å²) in [6, 6.07) is 0. The van der Waals surface area contributed by atoms with E-state index >= 15 is 4.79 Å². The summed E-state index contributed by atoms with van der Waals surface area (Å²) >= 11 is 0. The average Bonchev–Trinajstić information content (AvgIpc) is 2.86. The fourth-order valence-corrected chi connectivity index (χ4v) is 6.73. The van der Waals surface area contributed by atoms with E-state index in [0.29, 0.717) is 25.7 Å². The van der Waals surface area contributed by atoms with Gasteiger partial charge in [0, 0.05) is 11.5 Å². The van der Waals surface area contributed by atoms with Crippen molar-refractivity contribution in [3.05, 3.63) is 57.9 Å². The molecule has 2 aliphatic carbocycles. The Bertz CT molecular complexity index is 1160. The molecular weight excluding hydrogens is 500 g/mol. The Labute approximate surface area is 242 Å². The van der Waals surface area contributed by atoms with Crippen LogP contribution >= 0.6 is 0 Å². The van der Waals surface area contributed by atoms with Crippen molar-refractivity contribution in [1.82, 2.24) is 0 Å². The van der Waals surface area contributed by atoms with Crippen molar-refractivity contribution in [3.63, 3.8) is 0 Å². The Kier molecular flexibility index (Phi) is 10.9. The molecule has 2 bridgehead atoms. The summed E-state index contributed by atoms with van der Waals surface area (Å²) in [6.45, 7) is 19.1. The molecule has 0 radical (unpaired) electrons. The lowest BCUT2D eigenvalue weighted by molar-refractivity contribution is -0.180. The van der Waals surface area contributed by atoms with Gasteiger partial charge in [-0.3, -0.25) is 14.4 Å². The predicted molar refractivity (Wildman–Crippen MR) is 163 cm³/mol. The van der Waals surface area contributed by atoms with Crippen LogP contribution in [-0.4, -0.2) is 34.2 Å². The van der Waals surface area contributed by atoms with Crippen molar-refractivity contribution in [2.75, 3.05) is 6.61 Å². The van der Waals surface area contributed by atoms with E-state index in [1.807, 2.05) is 73.6 Å². The summed E-state index contributed by atoms with van der Waals surface area (Å²) in [5, 5.41) is 21.5. The largest absolute Gasteiger partial charge is 0.511 e. The van der Waals surface area contributed by atoms with Gasteiger partial charge in [0.15, 0.2) is 22.8 Å². The number of hydrogen-bond acceptors (Lipinski definition) is 5. The summed E-state index contributed by atoms with van der Waals surface area (Å²) in [5.41, 5.74) is -0.0745. The van der Waals surface area contributed by atoms with Crippen LogP contribution in [0, 0.1) is 28.1 Å². The van der Waals surface area contributed by atoms with Gasteiger partial charge in [0.1, 0.15) is 5.76 Å². The minimum Gasteiger partial charge on any atom is -0.511 e. The third-order valence-electron chi connectivity index (χ3n) is 9.17. The SMILES string of the molecule is CC(C)=CCC1=C(O)[C@@]2(CC=C(C)C)C[C@@H](CC=C(C)C)[C@@](C)(CC/C=C(\C)CO)[C@@](C(=O)C(C)C)(C1=O)C2=O. The summed E-state index contributed by atoms with van der Waals surface area (Å²) in [5.74, 6) is -2.20. The van der Waals surface area contributed by atoms with Crippen molar-refractivity contribution in [3.8, 4) is 0 Å². The number of hydrogen-bond donors (Lipinski definition) is 2. The van der Waals surface area contributed by atoms with Gasteiger partial charge in [-0.1, -0.05) is 67.4 Å². The van der Waals surface area contributed by atoms with E-state index in [9.17, 15) is 19.8 Å². The van der Waals surface area contributed by atoms with Gasteiger partial charge in [0.25, 0.3) is 0 Å². The highest BCUT2D eigenvalue weighted by atomic mass is 16.3. The molecule has 0 aromatic heterocycles. The van der Waals surface area contributed by atoms with Crippen LogP contribution < -0.4 is 0 Å². The lowest BCUT2D eigenvalue weighted by atomic mass is 9.38. The maximum atomic E-state index is 15.0. The molecule has 0 aromatic rings. The first-order chi connectivity index (χ1) is 18.5. The van der Waals surface area contributed by atoms with Gasteiger partial charge in [0.2, 0.25) is 0 Å². The van der Waals surface area contributed by atoms with E-state index in [0.717, 1.165) is 22.3 Å². The van der Waals surface area contributed by atoms with Crippen LogP contribution in [0.4, 0.5) is 0 Å². The highest BCUT2D eigenvalue weighted by Crippen LogP contribution is 2.67. The molecule has 5 heteroatoms. The molecule has 2 aliphatic rings. The van der Waals surface area contributed by atoms with Crippen LogP contribution in [0.2, 0.25) is 0 Å². The summed E-state index contributed by atoms with van der Waals surface area (Å²) < 4.78 is 0. The lowest BCUT2D eigenvalue weighted by Crippen LogP contribution is -2.71. The van der Waals surface area contributed by atoms with E-state index in [1.165, 1.54) is 0 Å². The van der Waals surface area contributed by atoms with E-state index in [4.69, 9.17) is 0 Å². The highest BCUT2D eigenvalue weighted by Gasteiger charge is 2.75.